The second-order valence-corrected chi connectivity index (χ2v) is 7.39. The Balaban J connectivity index is 1.62. The molecule has 0 aliphatic rings. The van der Waals surface area contributed by atoms with E-state index in [1.54, 1.807) is 25.3 Å². The maximum Gasteiger partial charge on any atom is 0.162 e. The molecule has 0 spiro atoms. The third kappa shape index (κ3) is 5.79. The molecule has 0 saturated carbocycles. The zero-order valence-corrected chi connectivity index (χ0v) is 17.7. The van der Waals surface area contributed by atoms with Crippen LogP contribution in [0, 0.1) is 5.82 Å². The highest BCUT2D eigenvalue weighted by Gasteiger charge is 2.13. The van der Waals surface area contributed by atoms with Crippen LogP contribution in [0.3, 0.4) is 0 Å². The van der Waals surface area contributed by atoms with E-state index in [2.05, 4.69) is 21.2 Å². The van der Waals surface area contributed by atoms with Gasteiger partial charge in [0.05, 0.1) is 13.2 Å². The predicted octanol–water partition coefficient (Wildman–Crippen LogP) is 5.00. The molecule has 29 heavy (non-hydrogen) atoms. The lowest BCUT2D eigenvalue weighted by Gasteiger charge is -2.16. The number of benzene rings is 3. The van der Waals surface area contributed by atoms with Gasteiger partial charge in [-0.15, -0.1) is 0 Å². The quantitative estimate of drug-likeness (QED) is 0.472. The summed E-state index contributed by atoms with van der Waals surface area (Å²) in [5.74, 6) is 0.781. The van der Waals surface area contributed by atoms with Gasteiger partial charge < -0.3 is 19.9 Å². The molecule has 1 unspecified atom stereocenters. The first-order chi connectivity index (χ1) is 14.1. The van der Waals surface area contributed by atoms with Gasteiger partial charge in [-0.05, 0) is 29.3 Å². The van der Waals surface area contributed by atoms with Crippen LogP contribution in [-0.4, -0.2) is 18.8 Å². The molecule has 0 saturated heterocycles. The molecule has 0 aliphatic carbocycles. The summed E-state index contributed by atoms with van der Waals surface area (Å²) in [7, 11) is 1.57. The van der Waals surface area contributed by atoms with E-state index in [0.717, 1.165) is 15.6 Å². The van der Waals surface area contributed by atoms with E-state index in [9.17, 15) is 9.50 Å². The van der Waals surface area contributed by atoms with E-state index in [1.165, 1.54) is 6.07 Å². The molecule has 0 heterocycles. The van der Waals surface area contributed by atoms with Gasteiger partial charge in [-0.1, -0.05) is 64.5 Å². The number of rotatable bonds is 9. The first-order valence-electron chi connectivity index (χ1n) is 9.25. The molecule has 6 heteroatoms. The molecule has 0 bridgehead atoms. The largest absolute Gasteiger partial charge is 0.493 e. The van der Waals surface area contributed by atoms with Crippen LogP contribution in [0.25, 0.3) is 0 Å². The van der Waals surface area contributed by atoms with Crippen molar-refractivity contribution in [2.24, 2.45) is 0 Å². The van der Waals surface area contributed by atoms with E-state index in [-0.39, 0.29) is 12.4 Å². The highest BCUT2D eigenvalue weighted by atomic mass is 79.9. The lowest BCUT2D eigenvalue weighted by molar-refractivity contribution is 0.174. The summed E-state index contributed by atoms with van der Waals surface area (Å²) in [6, 6.07) is 19.7. The van der Waals surface area contributed by atoms with Crippen molar-refractivity contribution in [1.82, 2.24) is 5.32 Å². The van der Waals surface area contributed by atoms with E-state index >= 15 is 0 Å². The molecule has 3 aromatic carbocycles. The second-order valence-electron chi connectivity index (χ2n) is 6.53. The van der Waals surface area contributed by atoms with Crippen LogP contribution >= 0.6 is 15.9 Å². The van der Waals surface area contributed by atoms with Gasteiger partial charge in [0, 0.05) is 23.1 Å². The van der Waals surface area contributed by atoms with E-state index in [0.29, 0.717) is 30.2 Å². The number of hydrogen-bond donors (Lipinski definition) is 2. The van der Waals surface area contributed by atoms with Gasteiger partial charge in [0.2, 0.25) is 0 Å². The average Bonchev–Trinajstić information content (AvgIpc) is 2.75. The smallest absolute Gasteiger partial charge is 0.162 e. The standard InChI is InChI=1S/C23H23BrFNO3/c1-28-22-11-18(13-26-14-21(27)16-7-3-2-4-8-16)19(24)12-23(22)29-15-17-9-5-6-10-20(17)25/h2-12,21,26-27H,13-15H2,1H3. The second kappa shape index (κ2) is 10.4. The lowest BCUT2D eigenvalue weighted by atomic mass is 10.1. The molecule has 0 aromatic heterocycles. The van der Waals surface area contributed by atoms with Crippen LogP contribution in [0.4, 0.5) is 4.39 Å². The molecule has 0 amide bonds. The normalized spacial score (nSPS) is 11.9. The number of hydrogen-bond acceptors (Lipinski definition) is 4. The molecule has 0 fully saturated rings. The minimum absolute atomic E-state index is 0.107. The topological polar surface area (TPSA) is 50.7 Å². The third-order valence-electron chi connectivity index (χ3n) is 4.51. The Hall–Kier alpha value is -2.41. The minimum atomic E-state index is -0.583. The van der Waals surface area contributed by atoms with Gasteiger partial charge in [0.15, 0.2) is 11.5 Å². The van der Waals surface area contributed by atoms with Crippen LogP contribution < -0.4 is 14.8 Å². The first kappa shape index (κ1) is 21.3. The van der Waals surface area contributed by atoms with Gasteiger partial charge in [-0.25, -0.2) is 4.39 Å². The minimum Gasteiger partial charge on any atom is -0.493 e. The summed E-state index contributed by atoms with van der Waals surface area (Å²) < 4.78 is 25.8. The third-order valence-corrected chi connectivity index (χ3v) is 5.25. The summed E-state index contributed by atoms with van der Waals surface area (Å²) in [6.45, 7) is 1.06. The zero-order chi connectivity index (χ0) is 20.6. The van der Waals surface area contributed by atoms with Crippen molar-refractivity contribution in [3.05, 3.63) is 93.7 Å². The van der Waals surface area contributed by atoms with Crippen LogP contribution in [0.15, 0.2) is 71.2 Å². The Morgan fingerprint density at radius 3 is 2.45 bits per heavy atom. The fourth-order valence-corrected chi connectivity index (χ4v) is 3.36. The number of halogens is 2. The fourth-order valence-electron chi connectivity index (χ4n) is 2.89. The molecular weight excluding hydrogens is 437 g/mol. The van der Waals surface area contributed by atoms with E-state index in [1.807, 2.05) is 42.5 Å². The summed E-state index contributed by atoms with van der Waals surface area (Å²) in [6.07, 6.45) is -0.583. The van der Waals surface area contributed by atoms with Crippen molar-refractivity contribution >= 4 is 15.9 Å². The van der Waals surface area contributed by atoms with Crippen LogP contribution in [-0.2, 0) is 13.2 Å². The van der Waals surface area contributed by atoms with Crippen molar-refractivity contribution in [1.29, 1.82) is 0 Å². The molecule has 1 atom stereocenters. The van der Waals surface area contributed by atoms with Gasteiger partial charge >= 0.3 is 0 Å². The predicted molar refractivity (Wildman–Crippen MR) is 115 cm³/mol. The molecule has 0 radical (unpaired) electrons. The van der Waals surface area contributed by atoms with Crippen LogP contribution in [0.2, 0.25) is 0 Å². The summed E-state index contributed by atoms with van der Waals surface area (Å²) in [5, 5.41) is 13.5. The Labute approximate surface area is 178 Å². The first-order valence-corrected chi connectivity index (χ1v) is 10.0. The summed E-state index contributed by atoms with van der Waals surface area (Å²) >= 11 is 3.55. The number of methoxy groups -OCH3 is 1. The SMILES string of the molecule is COc1cc(CNCC(O)c2ccccc2)c(Br)cc1OCc1ccccc1F. The summed E-state index contributed by atoms with van der Waals surface area (Å²) in [4.78, 5) is 0. The molecule has 2 N–H and O–H groups in total. The number of nitrogens with one attached hydrogen (secondary N) is 1. The molecule has 3 rings (SSSR count). The van der Waals surface area contributed by atoms with Crippen molar-refractivity contribution < 1.29 is 19.0 Å². The maximum atomic E-state index is 13.8. The van der Waals surface area contributed by atoms with Crippen LogP contribution in [0.5, 0.6) is 11.5 Å². The molecule has 4 nitrogen and oxygen atoms in total. The summed E-state index contributed by atoms with van der Waals surface area (Å²) in [5.41, 5.74) is 2.31. The molecular formula is C23H23BrFNO3. The Kier molecular flexibility index (Phi) is 7.63. The number of aliphatic hydroxyl groups is 1. The van der Waals surface area contributed by atoms with Gasteiger partial charge in [0.1, 0.15) is 12.4 Å². The molecule has 3 aromatic rings. The van der Waals surface area contributed by atoms with Gasteiger partial charge in [0.25, 0.3) is 0 Å². The van der Waals surface area contributed by atoms with Crippen LogP contribution in [0.1, 0.15) is 22.8 Å². The van der Waals surface area contributed by atoms with Crippen molar-refractivity contribution in [2.75, 3.05) is 13.7 Å². The maximum absolute atomic E-state index is 13.8. The van der Waals surface area contributed by atoms with E-state index < -0.39 is 6.10 Å². The Bertz CT molecular complexity index is 937. The van der Waals surface area contributed by atoms with Crippen molar-refractivity contribution in [2.45, 2.75) is 19.3 Å². The monoisotopic (exact) mass is 459 g/mol. The molecule has 0 aliphatic heterocycles. The highest BCUT2D eigenvalue weighted by Crippen LogP contribution is 2.34. The fraction of sp³-hybridized carbons (Fsp3) is 0.217. The Morgan fingerprint density at radius 2 is 1.72 bits per heavy atom. The molecule has 152 valence electrons. The number of ether oxygens (including phenoxy) is 2. The van der Waals surface area contributed by atoms with E-state index in [4.69, 9.17) is 9.47 Å². The van der Waals surface area contributed by atoms with Crippen molar-refractivity contribution in [3.8, 4) is 11.5 Å². The average molecular weight is 460 g/mol. The lowest BCUT2D eigenvalue weighted by Crippen LogP contribution is -2.21. The number of aliphatic hydroxyl groups excluding tert-OH is 1. The van der Waals surface area contributed by atoms with Crippen molar-refractivity contribution in [3.63, 3.8) is 0 Å². The zero-order valence-electron chi connectivity index (χ0n) is 16.1. The Morgan fingerprint density at radius 1 is 1.00 bits per heavy atom. The van der Waals surface area contributed by atoms with Gasteiger partial charge in [-0.3, -0.25) is 0 Å². The highest BCUT2D eigenvalue weighted by molar-refractivity contribution is 9.10. The van der Waals surface area contributed by atoms with Gasteiger partial charge in [-0.2, -0.15) is 0 Å².